The fourth-order valence-electron chi connectivity index (χ4n) is 1.48. The minimum absolute atomic E-state index is 0.413. The van der Waals surface area contributed by atoms with Gasteiger partial charge in [0.25, 0.3) is 0 Å². The van der Waals surface area contributed by atoms with Crippen LogP contribution in [0.4, 0.5) is 52.7 Å². The molecule has 0 N–H and O–H groups in total. The molecule has 0 heterocycles. The molecule has 0 aromatic heterocycles. The molecule has 0 amide bonds. The van der Waals surface area contributed by atoms with Crippen molar-refractivity contribution in [2.45, 2.75) is 74.8 Å². The summed E-state index contributed by atoms with van der Waals surface area (Å²) in [7, 11) is -5.87. The molecule has 0 unspecified atom stereocenters. The first-order valence-electron chi connectivity index (χ1n) is 8.02. The molecule has 0 fully saturated rings. The molecule has 0 aromatic carbocycles. The average molecular weight is 494 g/mol. The second-order valence-electron chi connectivity index (χ2n) is 8.45. The molecule has 174 valence electrons. The van der Waals surface area contributed by atoms with E-state index in [-0.39, 0.29) is 0 Å². The molecular weight excluding hydrogens is 476 g/mol. The highest BCUT2D eigenvalue weighted by Gasteiger charge is 2.90. The first-order valence-corrected chi connectivity index (χ1v) is 15.0. The largest absolute Gasteiger partial charge is 0.390 e. The van der Waals surface area contributed by atoms with Gasteiger partial charge in [-0.05, 0) is 11.8 Å². The lowest BCUT2D eigenvalue weighted by Gasteiger charge is -2.39. The maximum atomic E-state index is 13.7. The maximum Gasteiger partial charge on any atom is 0.390 e. The van der Waals surface area contributed by atoms with E-state index in [4.69, 9.17) is 0 Å². The standard InChI is InChI=1S/C16H18F12Si2/c1-29(2,3)9-7-11(17,18)13(21,22)15(25,26)16(27,28)14(23,24)12(19,20)8-10-30(4,5)6/h1-6H3. The number of alkyl halides is 12. The normalized spacial score (nSPS) is 15.1. The van der Waals surface area contributed by atoms with Crippen LogP contribution in [0.1, 0.15) is 0 Å². The van der Waals surface area contributed by atoms with Gasteiger partial charge in [-0.15, -0.1) is 11.1 Å². The molecule has 14 heteroatoms. The van der Waals surface area contributed by atoms with Crippen molar-refractivity contribution in [3.05, 3.63) is 0 Å². The Hall–Kier alpha value is -1.29. The Balaban J connectivity index is 6.57. The summed E-state index contributed by atoms with van der Waals surface area (Å²) in [6.07, 6.45) is 0. The molecule has 30 heavy (non-hydrogen) atoms. The van der Waals surface area contributed by atoms with E-state index in [0.717, 1.165) is 0 Å². The second-order valence-corrected chi connectivity index (χ2v) is 17.9. The second kappa shape index (κ2) is 7.69. The summed E-state index contributed by atoms with van der Waals surface area (Å²) in [5.41, 5.74) is 3.05. The fraction of sp³-hybridized carbons (Fsp3) is 0.750. The van der Waals surface area contributed by atoms with Crippen LogP contribution in [-0.4, -0.2) is 51.7 Å². The lowest BCUT2D eigenvalue weighted by atomic mass is 9.92. The van der Waals surface area contributed by atoms with Crippen molar-refractivity contribution in [3.8, 4) is 22.9 Å². The molecule has 0 bridgehead atoms. The number of halogens is 12. The van der Waals surface area contributed by atoms with Gasteiger partial charge in [-0.3, -0.25) is 0 Å². The van der Waals surface area contributed by atoms with Gasteiger partial charge >= 0.3 is 35.5 Å². The average Bonchev–Trinajstić information content (AvgIpc) is 2.49. The summed E-state index contributed by atoms with van der Waals surface area (Å²) in [6.45, 7) is 7.21. The number of rotatable bonds is 5. The van der Waals surface area contributed by atoms with E-state index in [2.05, 4.69) is 0 Å². The highest BCUT2D eigenvalue weighted by molar-refractivity contribution is 6.84. The van der Waals surface area contributed by atoms with Crippen LogP contribution in [0.2, 0.25) is 39.3 Å². The van der Waals surface area contributed by atoms with Crippen molar-refractivity contribution in [1.82, 2.24) is 0 Å². The molecule has 0 atom stereocenters. The van der Waals surface area contributed by atoms with Gasteiger partial charge in [0.05, 0.1) is 0 Å². The van der Waals surface area contributed by atoms with Crippen molar-refractivity contribution in [3.63, 3.8) is 0 Å². The van der Waals surface area contributed by atoms with Crippen LogP contribution >= 0.6 is 0 Å². The van der Waals surface area contributed by atoms with E-state index in [0.29, 0.717) is 11.8 Å². The van der Waals surface area contributed by atoms with E-state index < -0.39 is 51.7 Å². The monoisotopic (exact) mass is 494 g/mol. The van der Waals surface area contributed by atoms with Gasteiger partial charge in [-0.25, -0.2) is 0 Å². The van der Waals surface area contributed by atoms with E-state index in [1.165, 1.54) is 50.4 Å². The van der Waals surface area contributed by atoms with Crippen molar-refractivity contribution < 1.29 is 52.7 Å². The van der Waals surface area contributed by atoms with E-state index in [1.807, 2.05) is 0 Å². The van der Waals surface area contributed by atoms with Crippen molar-refractivity contribution in [2.24, 2.45) is 0 Å². The van der Waals surface area contributed by atoms with Gasteiger partial charge in [-0.1, -0.05) is 39.3 Å². The van der Waals surface area contributed by atoms with Crippen molar-refractivity contribution >= 4 is 16.1 Å². The Morgan fingerprint density at radius 2 is 0.600 bits per heavy atom. The molecule has 0 rings (SSSR count). The van der Waals surface area contributed by atoms with Crippen LogP contribution in [0.15, 0.2) is 0 Å². The van der Waals surface area contributed by atoms with Gasteiger partial charge < -0.3 is 0 Å². The zero-order valence-electron chi connectivity index (χ0n) is 16.5. The lowest BCUT2D eigenvalue weighted by molar-refractivity contribution is -0.413. The highest BCUT2D eigenvalue weighted by Crippen LogP contribution is 2.59. The Bertz CT molecular complexity index is 698. The molecule has 0 radical (unpaired) electrons. The van der Waals surface area contributed by atoms with Crippen LogP contribution in [0.25, 0.3) is 0 Å². The molecule has 0 saturated heterocycles. The van der Waals surface area contributed by atoms with Gasteiger partial charge in [0.1, 0.15) is 16.1 Å². The number of hydrogen-bond acceptors (Lipinski definition) is 0. The summed E-state index contributed by atoms with van der Waals surface area (Å²) >= 11 is 0. The van der Waals surface area contributed by atoms with Crippen molar-refractivity contribution in [1.29, 1.82) is 0 Å². The minimum Gasteiger partial charge on any atom is -0.192 e. The molecule has 0 nitrogen and oxygen atoms in total. The predicted octanol–water partition coefficient (Wildman–Crippen LogP) is 6.56. The molecule has 0 aliphatic rings. The predicted molar refractivity (Wildman–Crippen MR) is 91.9 cm³/mol. The summed E-state index contributed by atoms with van der Waals surface area (Å²) in [6, 6.07) is 0. The smallest absolute Gasteiger partial charge is 0.192 e. The fourth-order valence-corrected chi connectivity index (χ4v) is 2.54. The third-order valence-electron chi connectivity index (χ3n) is 3.16. The number of hydrogen-bond donors (Lipinski definition) is 0. The zero-order chi connectivity index (χ0) is 24.8. The molecule has 0 aromatic rings. The molecule has 0 aliphatic carbocycles. The van der Waals surface area contributed by atoms with Crippen LogP contribution in [0.5, 0.6) is 0 Å². The zero-order valence-corrected chi connectivity index (χ0v) is 18.5. The van der Waals surface area contributed by atoms with E-state index in [1.54, 1.807) is 0 Å². The van der Waals surface area contributed by atoms with Gasteiger partial charge in [0, 0.05) is 0 Å². The first-order chi connectivity index (χ1) is 12.7. The summed E-state index contributed by atoms with van der Waals surface area (Å²) in [5.74, 6) is -41.3. The van der Waals surface area contributed by atoms with Gasteiger partial charge in [0.2, 0.25) is 0 Å². The third-order valence-corrected chi connectivity index (χ3v) is 4.91. The highest BCUT2D eigenvalue weighted by atomic mass is 28.3. The van der Waals surface area contributed by atoms with Crippen molar-refractivity contribution in [2.75, 3.05) is 0 Å². The molecular formula is C16H18F12Si2. The minimum atomic E-state index is -7.62. The summed E-state index contributed by atoms with van der Waals surface area (Å²) in [5, 5.41) is 0. The van der Waals surface area contributed by atoms with Crippen LogP contribution < -0.4 is 0 Å². The molecule has 0 spiro atoms. The Morgan fingerprint density at radius 3 is 0.767 bits per heavy atom. The Kier molecular flexibility index (Phi) is 7.36. The Morgan fingerprint density at radius 1 is 0.400 bits per heavy atom. The SMILES string of the molecule is C[Si](C)(C)C#CC(F)(F)C(F)(F)C(F)(F)C(F)(F)C(F)(F)C(F)(F)C#C[Si](C)(C)C. The Labute approximate surface area is 167 Å². The maximum absolute atomic E-state index is 13.7. The molecule has 0 aliphatic heterocycles. The van der Waals surface area contributed by atoms with E-state index in [9.17, 15) is 52.7 Å². The van der Waals surface area contributed by atoms with Gasteiger partial charge in [0.15, 0.2) is 0 Å². The van der Waals surface area contributed by atoms with E-state index >= 15 is 0 Å². The van der Waals surface area contributed by atoms with Gasteiger partial charge in [-0.2, -0.15) is 52.7 Å². The first kappa shape index (κ1) is 28.7. The topological polar surface area (TPSA) is 0 Å². The van der Waals surface area contributed by atoms with Crippen LogP contribution in [-0.2, 0) is 0 Å². The quantitative estimate of drug-likeness (QED) is 0.231. The third kappa shape index (κ3) is 5.30. The van der Waals surface area contributed by atoms with Crippen LogP contribution in [0, 0.1) is 22.9 Å². The summed E-state index contributed by atoms with van der Waals surface area (Å²) < 4.78 is 164. The molecule has 0 saturated carbocycles. The van der Waals surface area contributed by atoms with Crippen LogP contribution in [0.3, 0.4) is 0 Å². The summed E-state index contributed by atoms with van der Waals surface area (Å²) in [4.78, 5) is 0. The lowest BCUT2D eigenvalue weighted by Crippen LogP contribution is -2.70.